The number of phenols is 1. The monoisotopic (exact) mass is 349 g/mol. The Morgan fingerprint density at radius 1 is 1.09 bits per heavy atom. The summed E-state index contributed by atoms with van der Waals surface area (Å²) in [5, 5.41) is 32.0. The molecular weight excluding hydrogens is 342 g/mol. The molecule has 3 rings (SSSR count). The van der Waals surface area contributed by atoms with Crippen LogP contribution in [0.2, 0.25) is 0 Å². The summed E-state index contributed by atoms with van der Waals surface area (Å²) in [7, 11) is 0. The fraction of sp³-hybridized carbons (Fsp3) is 0. The lowest BCUT2D eigenvalue weighted by molar-refractivity contribution is -0.400. The van der Waals surface area contributed by atoms with Gasteiger partial charge in [0.05, 0.1) is 20.1 Å². The lowest BCUT2D eigenvalue weighted by Gasteiger charge is -2.03. The molecular formula is C13H7N3O5S2. The van der Waals surface area contributed by atoms with Gasteiger partial charge in [0.15, 0.2) is 15.0 Å². The minimum Gasteiger partial charge on any atom is -0.502 e. The maximum atomic E-state index is 11.2. The molecule has 1 N–H and O–H groups in total. The third kappa shape index (κ3) is 2.81. The van der Waals surface area contributed by atoms with Crippen LogP contribution in [0.15, 0.2) is 45.6 Å². The van der Waals surface area contributed by atoms with Crippen LogP contribution in [0.25, 0.3) is 10.2 Å². The molecule has 8 nitrogen and oxygen atoms in total. The molecule has 116 valence electrons. The zero-order valence-electron chi connectivity index (χ0n) is 11.2. The predicted molar refractivity (Wildman–Crippen MR) is 85.2 cm³/mol. The SMILES string of the molecule is O=[N+]([O-])c1ccc(O)c([N+](=O)[O-])c1Sc1nc2ccccc2s1. The van der Waals surface area contributed by atoms with E-state index in [0.29, 0.717) is 9.86 Å². The zero-order valence-corrected chi connectivity index (χ0v) is 12.8. The summed E-state index contributed by atoms with van der Waals surface area (Å²) in [6.07, 6.45) is 0. The fourth-order valence-corrected chi connectivity index (χ4v) is 4.18. The van der Waals surface area contributed by atoms with Gasteiger partial charge < -0.3 is 5.11 Å². The minimum atomic E-state index is -0.835. The third-order valence-electron chi connectivity index (χ3n) is 2.93. The standard InChI is InChI=1S/C13H7N3O5S2/c17-9-6-5-8(15(18)19)12(11(9)16(20)21)23-13-14-7-3-1-2-4-10(7)22-13/h1-6,17H. The number of hydrogen-bond acceptors (Lipinski definition) is 8. The van der Waals surface area contributed by atoms with Crippen molar-refractivity contribution in [1.29, 1.82) is 0 Å². The number of benzene rings is 2. The number of aromatic hydroxyl groups is 1. The number of rotatable bonds is 4. The first kappa shape index (κ1) is 15.2. The van der Waals surface area contributed by atoms with E-state index in [2.05, 4.69) is 4.98 Å². The van der Waals surface area contributed by atoms with Crippen LogP contribution in [0.4, 0.5) is 11.4 Å². The minimum absolute atomic E-state index is 0.237. The molecule has 10 heteroatoms. The second-order valence-corrected chi connectivity index (χ2v) is 6.63. The Bertz CT molecular complexity index is 908. The second-order valence-electron chi connectivity index (χ2n) is 4.35. The first-order valence-electron chi connectivity index (χ1n) is 6.15. The van der Waals surface area contributed by atoms with Crippen molar-refractivity contribution in [3.8, 4) is 5.75 Å². The zero-order chi connectivity index (χ0) is 16.6. The van der Waals surface area contributed by atoms with Gasteiger partial charge in [-0.05, 0) is 30.0 Å². The summed E-state index contributed by atoms with van der Waals surface area (Å²) in [5.74, 6) is -0.621. The third-order valence-corrected chi connectivity index (χ3v) is 5.14. The van der Waals surface area contributed by atoms with Crippen LogP contribution in [0.5, 0.6) is 5.75 Å². The molecule has 0 unspecified atom stereocenters. The molecule has 0 spiro atoms. The van der Waals surface area contributed by atoms with E-state index in [1.807, 2.05) is 12.1 Å². The average molecular weight is 349 g/mol. The van der Waals surface area contributed by atoms with E-state index in [-0.39, 0.29) is 4.90 Å². The van der Waals surface area contributed by atoms with Gasteiger partial charge in [-0.25, -0.2) is 4.98 Å². The Hall–Kier alpha value is -2.72. The summed E-state index contributed by atoms with van der Waals surface area (Å²) in [4.78, 5) is 24.8. The van der Waals surface area contributed by atoms with Crippen molar-refractivity contribution in [2.24, 2.45) is 0 Å². The van der Waals surface area contributed by atoms with Crippen molar-refractivity contribution in [2.45, 2.75) is 9.24 Å². The van der Waals surface area contributed by atoms with Gasteiger partial charge in [0, 0.05) is 6.07 Å². The molecule has 0 saturated carbocycles. The highest BCUT2D eigenvalue weighted by Crippen LogP contribution is 2.46. The Balaban J connectivity index is 2.15. The maximum absolute atomic E-state index is 11.2. The fourth-order valence-electron chi connectivity index (χ4n) is 1.95. The number of fused-ring (bicyclic) bond motifs is 1. The summed E-state index contributed by atoms with van der Waals surface area (Å²) in [5.41, 5.74) is -0.437. The number of nitro benzene ring substituents is 2. The topological polar surface area (TPSA) is 119 Å². The van der Waals surface area contributed by atoms with Gasteiger partial charge in [0.1, 0.15) is 0 Å². The smallest absolute Gasteiger partial charge is 0.331 e. The van der Waals surface area contributed by atoms with Crippen molar-refractivity contribution < 1.29 is 15.0 Å². The predicted octanol–water partition coefficient (Wildman–Crippen LogP) is 3.97. The van der Waals surface area contributed by atoms with Gasteiger partial charge in [0.25, 0.3) is 5.69 Å². The average Bonchev–Trinajstić information content (AvgIpc) is 2.88. The largest absolute Gasteiger partial charge is 0.502 e. The number of para-hydroxylation sites is 1. The summed E-state index contributed by atoms with van der Waals surface area (Å²) in [6.45, 7) is 0. The van der Waals surface area contributed by atoms with E-state index >= 15 is 0 Å². The molecule has 3 aromatic rings. The molecule has 0 atom stereocenters. The van der Waals surface area contributed by atoms with E-state index in [1.165, 1.54) is 11.3 Å². The molecule has 2 aromatic carbocycles. The summed E-state index contributed by atoms with van der Waals surface area (Å²) < 4.78 is 1.28. The number of phenolic OH excluding ortho intramolecular Hbond substituents is 1. The Kier molecular flexibility index (Phi) is 3.84. The molecule has 1 aromatic heterocycles. The highest BCUT2D eigenvalue weighted by atomic mass is 32.2. The van der Waals surface area contributed by atoms with Crippen LogP contribution in [0, 0.1) is 20.2 Å². The van der Waals surface area contributed by atoms with Crippen molar-refractivity contribution in [1.82, 2.24) is 4.98 Å². The van der Waals surface area contributed by atoms with Gasteiger partial charge >= 0.3 is 5.69 Å². The Labute approximate surface area is 136 Å². The lowest BCUT2D eigenvalue weighted by Crippen LogP contribution is -1.97. The highest BCUT2D eigenvalue weighted by molar-refractivity contribution is 8.01. The van der Waals surface area contributed by atoms with Gasteiger partial charge in [-0.2, -0.15) is 0 Å². The van der Waals surface area contributed by atoms with Crippen LogP contribution in [0.3, 0.4) is 0 Å². The molecule has 0 aliphatic heterocycles. The van der Waals surface area contributed by atoms with Crippen molar-refractivity contribution in [2.75, 3.05) is 0 Å². The van der Waals surface area contributed by atoms with Gasteiger partial charge in [-0.3, -0.25) is 20.2 Å². The van der Waals surface area contributed by atoms with Crippen LogP contribution >= 0.6 is 23.1 Å². The van der Waals surface area contributed by atoms with Crippen LogP contribution in [-0.2, 0) is 0 Å². The molecule has 0 saturated heterocycles. The van der Waals surface area contributed by atoms with E-state index in [1.54, 1.807) is 12.1 Å². The maximum Gasteiger partial charge on any atom is 0.331 e. The van der Waals surface area contributed by atoms with Crippen LogP contribution in [-0.4, -0.2) is 19.9 Å². The van der Waals surface area contributed by atoms with Gasteiger partial charge in [-0.1, -0.05) is 12.1 Å². The molecule has 0 fully saturated rings. The molecule has 1 heterocycles. The van der Waals surface area contributed by atoms with E-state index in [9.17, 15) is 25.3 Å². The van der Waals surface area contributed by atoms with Crippen molar-refractivity contribution in [3.05, 3.63) is 56.6 Å². The highest BCUT2D eigenvalue weighted by Gasteiger charge is 2.30. The summed E-state index contributed by atoms with van der Waals surface area (Å²) in [6, 6.07) is 9.23. The van der Waals surface area contributed by atoms with E-state index < -0.39 is 27.0 Å². The summed E-state index contributed by atoms with van der Waals surface area (Å²) >= 11 is 2.07. The van der Waals surface area contributed by atoms with E-state index in [4.69, 9.17) is 0 Å². The first-order valence-corrected chi connectivity index (χ1v) is 7.79. The Morgan fingerprint density at radius 2 is 1.83 bits per heavy atom. The number of nitro groups is 2. The number of aromatic nitrogens is 1. The quantitative estimate of drug-likeness (QED) is 0.559. The molecule has 0 aliphatic carbocycles. The molecule has 23 heavy (non-hydrogen) atoms. The molecule has 0 radical (unpaired) electrons. The van der Waals surface area contributed by atoms with Crippen molar-refractivity contribution in [3.63, 3.8) is 0 Å². The lowest BCUT2D eigenvalue weighted by atomic mass is 10.2. The van der Waals surface area contributed by atoms with Crippen molar-refractivity contribution >= 4 is 44.7 Å². The van der Waals surface area contributed by atoms with Crippen LogP contribution in [0.1, 0.15) is 0 Å². The first-order chi connectivity index (χ1) is 11.0. The molecule has 0 amide bonds. The van der Waals surface area contributed by atoms with Crippen LogP contribution < -0.4 is 0 Å². The van der Waals surface area contributed by atoms with E-state index in [0.717, 1.165) is 28.6 Å². The molecule has 0 bridgehead atoms. The second kappa shape index (κ2) is 5.82. The number of thiazole rings is 1. The normalized spacial score (nSPS) is 10.8. The number of hydrogen-bond donors (Lipinski definition) is 1. The van der Waals surface area contributed by atoms with Gasteiger partial charge in [-0.15, -0.1) is 11.3 Å². The Morgan fingerprint density at radius 3 is 2.48 bits per heavy atom. The number of nitrogens with zero attached hydrogens (tertiary/aromatic N) is 3. The van der Waals surface area contributed by atoms with Gasteiger partial charge in [0.2, 0.25) is 0 Å². The molecule has 0 aliphatic rings.